The van der Waals surface area contributed by atoms with E-state index in [1.54, 1.807) is 30.3 Å². The maximum atomic E-state index is 13.7. The number of nitrogens with one attached hydrogen (secondary N) is 1. The molecular weight excluding hydrogens is 500 g/mol. The van der Waals surface area contributed by atoms with E-state index in [1.165, 1.54) is 20.3 Å². The summed E-state index contributed by atoms with van der Waals surface area (Å²) in [6, 6.07) is 7.80. The molecule has 4 heterocycles. The second-order valence-corrected chi connectivity index (χ2v) is 11.9. The Labute approximate surface area is 214 Å². The van der Waals surface area contributed by atoms with E-state index in [4.69, 9.17) is 0 Å². The van der Waals surface area contributed by atoms with Crippen molar-refractivity contribution in [2.75, 3.05) is 29.9 Å². The first-order valence-corrected chi connectivity index (χ1v) is 14.2. The number of amides is 2. The smallest absolute Gasteiger partial charge is 0.248 e. The van der Waals surface area contributed by atoms with Crippen molar-refractivity contribution in [3.05, 3.63) is 52.8 Å². The first kappa shape index (κ1) is 24.6. The molecule has 0 spiro atoms. The SMILES string of the molecule is Cc1nn(CC(=O)N2CCc3ccccc32)c(C)c1S(=O)(=O)N1CCC[C@@H](C(=O)Nc2nccs2)C1. The lowest BCUT2D eigenvalue weighted by molar-refractivity contribution is -0.121. The molecule has 36 heavy (non-hydrogen) atoms. The van der Waals surface area contributed by atoms with Crippen LogP contribution in [-0.4, -0.2) is 58.9 Å². The number of piperidine rings is 1. The molecule has 2 aromatic heterocycles. The Kier molecular flexibility index (Phi) is 6.66. The fourth-order valence-corrected chi connectivity index (χ4v) is 7.44. The van der Waals surface area contributed by atoms with Gasteiger partial charge >= 0.3 is 0 Å². The normalized spacial score (nSPS) is 18.3. The van der Waals surface area contributed by atoms with E-state index in [1.807, 2.05) is 24.3 Å². The van der Waals surface area contributed by atoms with E-state index >= 15 is 0 Å². The van der Waals surface area contributed by atoms with Crippen molar-refractivity contribution in [1.29, 1.82) is 0 Å². The highest BCUT2D eigenvalue weighted by Gasteiger charge is 2.37. The number of nitrogens with zero attached hydrogens (tertiary/aromatic N) is 5. The summed E-state index contributed by atoms with van der Waals surface area (Å²) in [6.07, 6.45) is 3.58. The van der Waals surface area contributed by atoms with Crippen LogP contribution in [0.1, 0.15) is 29.8 Å². The molecule has 0 saturated carbocycles. The second kappa shape index (κ2) is 9.75. The summed E-state index contributed by atoms with van der Waals surface area (Å²) in [5.41, 5.74) is 2.78. The number of carbonyl (C=O) groups is 2. The van der Waals surface area contributed by atoms with Crippen molar-refractivity contribution in [1.82, 2.24) is 19.1 Å². The highest BCUT2D eigenvalue weighted by molar-refractivity contribution is 7.89. The molecule has 1 saturated heterocycles. The molecule has 3 aromatic rings. The fraction of sp³-hybridized carbons (Fsp3) is 0.417. The van der Waals surface area contributed by atoms with Crippen molar-refractivity contribution in [2.24, 2.45) is 5.92 Å². The van der Waals surface area contributed by atoms with Crippen LogP contribution < -0.4 is 10.2 Å². The molecule has 5 rings (SSSR count). The van der Waals surface area contributed by atoms with Gasteiger partial charge in [-0.15, -0.1) is 11.3 Å². The quantitative estimate of drug-likeness (QED) is 0.526. The van der Waals surface area contributed by atoms with Crippen molar-refractivity contribution >= 4 is 44.0 Å². The minimum atomic E-state index is -3.90. The fourth-order valence-electron chi connectivity index (χ4n) is 5.01. The van der Waals surface area contributed by atoms with Crippen LogP contribution in [0.25, 0.3) is 0 Å². The largest absolute Gasteiger partial charge is 0.310 e. The molecule has 2 aliphatic rings. The average molecular weight is 529 g/mol. The number of benzene rings is 1. The number of sulfonamides is 1. The van der Waals surface area contributed by atoms with Crippen LogP contribution in [0.2, 0.25) is 0 Å². The average Bonchev–Trinajstić information content (AvgIpc) is 3.59. The van der Waals surface area contributed by atoms with Crippen LogP contribution >= 0.6 is 11.3 Å². The van der Waals surface area contributed by atoms with Gasteiger partial charge in [-0.1, -0.05) is 18.2 Å². The number of rotatable bonds is 6. The summed E-state index contributed by atoms with van der Waals surface area (Å²) < 4.78 is 30.2. The zero-order chi connectivity index (χ0) is 25.4. The second-order valence-electron chi connectivity index (χ2n) is 9.11. The van der Waals surface area contributed by atoms with Crippen LogP contribution in [0.3, 0.4) is 0 Å². The van der Waals surface area contributed by atoms with E-state index in [9.17, 15) is 18.0 Å². The van der Waals surface area contributed by atoms with Crippen molar-refractivity contribution < 1.29 is 18.0 Å². The Hall–Kier alpha value is -3.09. The third-order valence-electron chi connectivity index (χ3n) is 6.80. The number of anilines is 2. The lowest BCUT2D eigenvalue weighted by Crippen LogP contribution is -2.44. The zero-order valence-electron chi connectivity index (χ0n) is 20.2. The molecule has 0 aliphatic carbocycles. The number of fused-ring (bicyclic) bond motifs is 1. The van der Waals surface area contributed by atoms with Gasteiger partial charge in [-0.3, -0.25) is 14.3 Å². The van der Waals surface area contributed by atoms with Crippen LogP contribution in [0.5, 0.6) is 0 Å². The Morgan fingerprint density at radius 3 is 2.78 bits per heavy atom. The van der Waals surface area contributed by atoms with Gasteiger partial charge in [0.05, 0.1) is 17.3 Å². The highest BCUT2D eigenvalue weighted by atomic mass is 32.2. The number of carbonyl (C=O) groups excluding carboxylic acids is 2. The van der Waals surface area contributed by atoms with Gasteiger partial charge in [0.15, 0.2) is 5.13 Å². The molecule has 190 valence electrons. The summed E-state index contributed by atoms with van der Waals surface area (Å²) in [6.45, 7) is 4.29. The van der Waals surface area contributed by atoms with Crippen molar-refractivity contribution in [2.45, 2.75) is 44.6 Å². The maximum absolute atomic E-state index is 13.7. The predicted octanol–water partition coefficient (Wildman–Crippen LogP) is 2.59. The van der Waals surface area contributed by atoms with Crippen LogP contribution in [-0.2, 0) is 32.6 Å². The van der Waals surface area contributed by atoms with Gasteiger partial charge in [0.2, 0.25) is 21.8 Å². The first-order chi connectivity index (χ1) is 17.3. The monoisotopic (exact) mass is 528 g/mol. The molecule has 0 unspecified atom stereocenters. The highest BCUT2D eigenvalue weighted by Crippen LogP contribution is 2.30. The Morgan fingerprint density at radius 2 is 2.00 bits per heavy atom. The summed E-state index contributed by atoms with van der Waals surface area (Å²) in [7, 11) is -3.90. The van der Waals surface area contributed by atoms with E-state index in [0.29, 0.717) is 42.5 Å². The molecule has 1 atom stereocenters. The molecule has 10 nitrogen and oxygen atoms in total. The van der Waals surface area contributed by atoms with Gasteiger partial charge in [-0.05, 0) is 44.7 Å². The molecule has 2 amide bonds. The summed E-state index contributed by atoms with van der Waals surface area (Å²) in [5.74, 6) is -0.832. The molecule has 0 radical (unpaired) electrons. The molecule has 1 aromatic carbocycles. The van der Waals surface area contributed by atoms with Crippen LogP contribution in [0.4, 0.5) is 10.8 Å². The third kappa shape index (κ3) is 4.56. The number of thiazole rings is 1. The van der Waals surface area contributed by atoms with Gasteiger partial charge in [-0.25, -0.2) is 13.4 Å². The van der Waals surface area contributed by atoms with Gasteiger partial charge in [0, 0.05) is 36.9 Å². The van der Waals surface area contributed by atoms with E-state index in [2.05, 4.69) is 15.4 Å². The maximum Gasteiger partial charge on any atom is 0.248 e. The summed E-state index contributed by atoms with van der Waals surface area (Å²) >= 11 is 1.32. The minimum Gasteiger partial charge on any atom is -0.310 e. The minimum absolute atomic E-state index is 0.0463. The molecule has 12 heteroatoms. The number of aromatic nitrogens is 3. The number of para-hydroxylation sites is 1. The first-order valence-electron chi connectivity index (χ1n) is 11.9. The number of aryl methyl sites for hydroxylation is 1. The standard InChI is InChI=1S/C24H28N6O4S2/c1-16-22(17(2)30(27-16)15-21(31)29-12-9-18-6-3-4-8-20(18)29)36(33,34)28-11-5-7-19(14-28)23(32)26-24-25-10-13-35-24/h3-4,6,8,10,13,19H,5,7,9,11-12,14-15H2,1-2H3,(H,25,26,32)/t19-/m1/s1. The van der Waals surface area contributed by atoms with Crippen LogP contribution in [0, 0.1) is 19.8 Å². The van der Waals surface area contributed by atoms with Crippen molar-refractivity contribution in [3.8, 4) is 0 Å². The molecular formula is C24H28N6O4S2. The Bertz CT molecular complexity index is 1400. The molecule has 0 bridgehead atoms. The number of hydrogen-bond acceptors (Lipinski definition) is 7. The zero-order valence-corrected chi connectivity index (χ0v) is 21.8. The molecule has 1 N–H and O–H groups in total. The van der Waals surface area contributed by atoms with E-state index in [0.717, 1.165) is 17.7 Å². The molecule has 1 fully saturated rings. The van der Waals surface area contributed by atoms with Gasteiger partial charge in [-0.2, -0.15) is 9.40 Å². The lowest BCUT2D eigenvalue weighted by Gasteiger charge is -2.31. The summed E-state index contributed by atoms with van der Waals surface area (Å²) in [4.78, 5) is 31.7. The predicted molar refractivity (Wildman–Crippen MR) is 136 cm³/mol. The third-order valence-corrected chi connectivity index (χ3v) is 9.61. The van der Waals surface area contributed by atoms with Crippen LogP contribution in [0.15, 0.2) is 40.7 Å². The Balaban J connectivity index is 1.33. The summed E-state index contributed by atoms with van der Waals surface area (Å²) in [5, 5.41) is 9.46. The van der Waals surface area contributed by atoms with Gasteiger partial charge in [0.1, 0.15) is 11.4 Å². The van der Waals surface area contributed by atoms with E-state index in [-0.39, 0.29) is 29.8 Å². The number of hydrogen-bond donors (Lipinski definition) is 1. The van der Waals surface area contributed by atoms with E-state index < -0.39 is 15.9 Å². The van der Waals surface area contributed by atoms with Gasteiger partial charge in [0.25, 0.3) is 0 Å². The van der Waals surface area contributed by atoms with Gasteiger partial charge < -0.3 is 10.2 Å². The topological polar surface area (TPSA) is 118 Å². The van der Waals surface area contributed by atoms with Crippen molar-refractivity contribution in [3.63, 3.8) is 0 Å². The lowest BCUT2D eigenvalue weighted by atomic mass is 9.99. The molecule has 2 aliphatic heterocycles. The Morgan fingerprint density at radius 1 is 1.19 bits per heavy atom.